The van der Waals surface area contributed by atoms with E-state index < -0.39 is 6.04 Å². The molecule has 3 N–H and O–H groups in total. The summed E-state index contributed by atoms with van der Waals surface area (Å²) in [5.41, 5.74) is 8.76. The molecule has 2 rings (SSSR count). The lowest BCUT2D eigenvalue weighted by atomic mass is 9.94. The van der Waals surface area contributed by atoms with Crippen LogP contribution in [-0.2, 0) is 6.61 Å². The van der Waals surface area contributed by atoms with Crippen molar-refractivity contribution in [2.45, 2.75) is 12.6 Å². The molecule has 0 aliphatic rings. The van der Waals surface area contributed by atoms with Gasteiger partial charge in [0.1, 0.15) is 17.2 Å². The average Bonchev–Trinajstić information content (AvgIpc) is 2.59. The first-order valence-electron chi connectivity index (χ1n) is 6.89. The van der Waals surface area contributed by atoms with Gasteiger partial charge in [0.05, 0.1) is 34.0 Å². The van der Waals surface area contributed by atoms with Crippen LogP contribution in [0.2, 0.25) is 0 Å². The lowest BCUT2D eigenvalue weighted by Gasteiger charge is -2.20. The molecule has 0 amide bonds. The Morgan fingerprint density at radius 1 is 0.909 bits per heavy atom. The molecule has 0 aliphatic heterocycles. The Balaban J connectivity index is 2.49. The topological polar surface area (TPSA) is 73.9 Å². The van der Waals surface area contributed by atoms with E-state index in [-0.39, 0.29) is 6.61 Å². The van der Waals surface area contributed by atoms with Crippen molar-refractivity contribution in [2.75, 3.05) is 21.3 Å². The molecule has 118 valence electrons. The van der Waals surface area contributed by atoms with E-state index >= 15 is 0 Å². The van der Waals surface area contributed by atoms with Gasteiger partial charge in [0.25, 0.3) is 0 Å². The van der Waals surface area contributed by atoms with Crippen molar-refractivity contribution >= 4 is 0 Å². The second-order valence-corrected chi connectivity index (χ2v) is 4.81. The Morgan fingerprint density at radius 2 is 1.55 bits per heavy atom. The van der Waals surface area contributed by atoms with Gasteiger partial charge in [-0.25, -0.2) is 0 Å². The highest BCUT2D eigenvalue weighted by atomic mass is 16.5. The van der Waals surface area contributed by atoms with E-state index in [4.69, 9.17) is 19.9 Å². The molecule has 0 saturated heterocycles. The minimum Gasteiger partial charge on any atom is -0.497 e. The largest absolute Gasteiger partial charge is 0.497 e. The van der Waals surface area contributed by atoms with Gasteiger partial charge in [-0.3, -0.25) is 0 Å². The fourth-order valence-corrected chi connectivity index (χ4v) is 2.38. The van der Waals surface area contributed by atoms with E-state index in [1.165, 1.54) is 0 Å². The normalized spacial score (nSPS) is 11.9. The van der Waals surface area contributed by atoms with Crippen LogP contribution in [0.5, 0.6) is 17.2 Å². The summed E-state index contributed by atoms with van der Waals surface area (Å²) in [5.74, 6) is 2.02. The number of methoxy groups -OCH3 is 3. The zero-order valence-electron chi connectivity index (χ0n) is 13.0. The summed E-state index contributed by atoms with van der Waals surface area (Å²) >= 11 is 0. The van der Waals surface area contributed by atoms with E-state index in [2.05, 4.69) is 0 Å². The second kappa shape index (κ2) is 7.15. The molecule has 0 bridgehead atoms. The average molecular weight is 303 g/mol. The van der Waals surface area contributed by atoms with Crippen molar-refractivity contribution in [3.63, 3.8) is 0 Å². The second-order valence-electron chi connectivity index (χ2n) is 4.81. The quantitative estimate of drug-likeness (QED) is 0.856. The SMILES string of the molecule is COc1ccc(C(N)c2cc(OC)ccc2CO)c(OC)c1. The van der Waals surface area contributed by atoms with Crippen LogP contribution in [0.3, 0.4) is 0 Å². The number of hydrogen-bond acceptors (Lipinski definition) is 5. The van der Waals surface area contributed by atoms with Gasteiger partial charge < -0.3 is 25.1 Å². The van der Waals surface area contributed by atoms with Crippen molar-refractivity contribution in [3.05, 3.63) is 53.1 Å². The van der Waals surface area contributed by atoms with Crippen molar-refractivity contribution in [1.29, 1.82) is 0 Å². The highest BCUT2D eigenvalue weighted by Gasteiger charge is 2.18. The van der Waals surface area contributed by atoms with Crippen LogP contribution in [0, 0.1) is 0 Å². The van der Waals surface area contributed by atoms with Gasteiger partial charge in [-0.1, -0.05) is 6.07 Å². The zero-order chi connectivity index (χ0) is 16.1. The summed E-state index contributed by atoms with van der Waals surface area (Å²) in [7, 11) is 4.78. The van der Waals surface area contributed by atoms with Crippen LogP contribution in [-0.4, -0.2) is 26.4 Å². The first-order chi connectivity index (χ1) is 10.6. The van der Waals surface area contributed by atoms with Crippen LogP contribution >= 0.6 is 0 Å². The molecule has 0 heterocycles. The molecule has 5 nitrogen and oxygen atoms in total. The Morgan fingerprint density at radius 3 is 2.14 bits per heavy atom. The van der Waals surface area contributed by atoms with Crippen LogP contribution in [0.25, 0.3) is 0 Å². The van der Waals surface area contributed by atoms with Gasteiger partial charge in [0.2, 0.25) is 0 Å². The summed E-state index contributed by atoms with van der Waals surface area (Å²) in [4.78, 5) is 0. The van der Waals surface area contributed by atoms with Crippen LogP contribution in [0.4, 0.5) is 0 Å². The molecule has 0 spiro atoms. The summed E-state index contributed by atoms with van der Waals surface area (Å²) in [6, 6.07) is 10.5. The maximum absolute atomic E-state index is 9.54. The third-order valence-electron chi connectivity index (χ3n) is 3.63. The monoisotopic (exact) mass is 303 g/mol. The third-order valence-corrected chi connectivity index (χ3v) is 3.63. The number of nitrogens with two attached hydrogens (primary N) is 1. The van der Waals surface area contributed by atoms with E-state index in [0.717, 1.165) is 16.7 Å². The Kier molecular flexibility index (Phi) is 5.25. The highest BCUT2D eigenvalue weighted by molar-refractivity contribution is 5.48. The number of benzene rings is 2. The number of ether oxygens (including phenoxy) is 3. The van der Waals surface area contributed by atoms with Crippen LogP contribution < -0.4 is 19.9 Å². The molecule has 1 atom stereocenters. The van der Waals surface area contributed by atoms with Crippen molar-refractivity contribution < 1.29 is 19.3 Å². The number of aliphatic hydroxyl groups excluding tert-OH is 1. The number of rotatable bonds is 6. The Labute approximate surface area is 130 Å². The number of hydrogen-bond donors (Lipinski definition) is 2. The molecule has 2 aromatic carbocycles. The molecule has 2 aromatic rings. The molecule has 0 aromatic heterocycles. The Hall–Kier alpha value is -2.24. The predicted molar refractivity (Wildman–Crippen MR) is 84.5 cm³/mol. The van der Waals surface area contributed by atoms with Crippen molar-refractivity contribution in [3.8, 4) is 17.2 Å². The van der Waals surface area contributed by atoms with Gasteiger partial charge in [-0.05, 0) is 35.4 Å². The first-order valence-corrected chi connectivity index (χ1v) is 6.89. The summed E-state index contributed by atoms with van der Waals surface area (Å²) in [6.45, 7) is -0.0918. The van der Waals surface area contributed by atoms with Gasteiger partial charge in [0, 0.05) is 11.6 Å². The molecule has 1 unspecified atom stereocenters. The van der Waals surface area contributed by atoms with Gasteiger partial charge in [-0.2, -0.15) is 0 Å². The molecular formula is C17H21NO4. The van der Waals surface area contributed by atoms with Crippen molar-refractivity contribution in [1.82, 2.24) is 0 Å². The molecule has 0 saturated carbocycles. The standard InChI is InChI=1S/C17H21NO4/c1-20-12-5-4-11(10-19)15(8-12)17(18)14-7-6-13(21-2)9-16(14)22-3/h4-9,17,19H,10,18H2,1-3H3. The fourth-order valence-electron chi connectivity index (χ4n) is 2.38. The fraction of sp³-hybridized carbons (Fsp3) is 0.294. The lowest BCUT2D eigenvalue weighted by Crippen LogP contribution is -2.15. The minimum absolute atomic E-state index is 0.0918. The van der Waals surface area contributed by atoms with Crippen LogP contribution in [0.15, 0.2) is 36.4 Å². The molecular weight excluding hydrogens is 282 g/mol. The predicted octanol–water partition coefficient (Wildman–Crippen LogP) is 2.25. The highest BCUT2D eigenvalue weighted by Crippen LogP contribution is 2.34. The summed E-state index contributed by atoms with van der Waals surface area (Å²) in [5, 5.41) is 9.54. The van der Waals surface area contributed by atoms with Gasteiger partial charge >= 0.3 is 0 Å². The molecule has 0 radical (unpaired) electrons. The molecule has 0 aliphatic carbocycles. The molecule has 0 fully saturated rings. The third kappa shape index (κ3) is 3.16. The summed E-state index contributed by atoms with van der Waals surface area (Å²) in [6.07, 6.45) is 0. The van der Waals surface area contributed by atoms with Gasteiger partial charge in [-0.15, -0.1) is 0 Å². The van der Waals surface area contributed by atoms with Gasteiger partial charge in [0.15, 0.2) is 0 Å². The lowest BCUT2D eigenvalue weighted by molar-refractivity contribution is 0.280. The Bertz CT molecular complexity index is 643. The molecule has 22 heavy (non-hydrogen) atoms. The maximum Gasteiger partial charge on any atom is 0.127 e. The van der Waals surface area contributed by atoms with Crippen molar-refractivity contribution in [2.24, 2.45) is 5.73 Å². The first kappa shape index (κ1) is 16.1. The smallest absolute Gasteiger partial charge is 0.127 e. The van der Waals surface area contributed by atoms with E-state index in [9.17, 15) is 5.11 Å². The zero-order valence-corrected chi connectivity index (χ0v) is 13.0. The molecule has 5 heteroatoms. The van der Waals surface area contributed by atoms with E-state index in [1.807, 2.05) is 24.3 Å². The maximum atomic E-state index is 9.54. The van der Waals surface area contributed by atoms with E-state index in [1.54, 1.807) is 33.5 Å². The minimum atomic E-state index is -0.446. The van der Waals surface area contributed by atoms with E-state index in [0.29, 0.717) is 17.2 Å². The van der Waals surface area contributed by atoms with Crippen LogP contribution in [0.1, 0.15) is 22.7 Å². The number of aliphatic hydroxyl groups is 1. The summed E-state index contributed by atoms with van der Waals surface area (Å²) < 4.78 is 15.8.